The minimum atomic E-state index is 0.455. The van der Waals surface area contributed by atoms with E-state index in [9.17, 15) is 0 Å². The number of benzene rings is 3. The molecule has 4 aromatic rings. The average molecular weight is 438 g/mol. The molecule has 0 radical (unpaired) electrons. The molecule has 0 atom stereocenters. The normalized spacial score (nSPS) is 17.3. The molecule has 1 fully saturated rings. The van der Waals surface area contributed by atoms with Gasteiger partial charge in [-0.25, -0.2) is 4.98 Å². The Kier molecular flexibility index (Phi) is 4.40. The molecule has 0 unspecified atom stereocenters. The second-order valence-corrected chi connectivity index (χ2v) is 11.1. The second-order valence-electron chi connectivity index (χ2n) is 11.1. The maximum atomic E-state index is 6.56. The number of hydrogen-bond acceptors (Lipinski definition) is 2. The lowest BCUT2D eigenvalue weighted by Gasteiger charge is -2.34. The Labute approximate surface area is 196 Å². The first-order valence-electron chi connectivity index (χ1n) is 12.3. The molecule has 0 amide bonds. The van der Waals surface area contributed by atoms with Crippen LogP contribution in [-0.2, 0) is 7.05 Å². The van der Waals surface area contributed by atoms with Gasteiger partial charge in [0.1, 0.15) is 18.3 Å². The number of hydrogen-bond donors (Lipinski definition) is 0. The fourth-order valence-corrected chi connectivity index (χ4v) is 6.11. The molecule has 1 aromatic heterocycles. The molecule has 2 heterocycles. The quantitative estimate of drug-likeness (QED) is 0.252. The van der Waals surface area contributed by atoms with Gasteiger partial charge in [-0.15, -0.1) is 0 Å². The van der Waals surface area contributed by atoms with Gasteiger partial charge >= 0.3 is 0 Å². The molecule has 168 valence electrons. The smallest absolute Gasteiger partial charge is 0.294 e. The van der Waals surface area contributed by atoms with E-state index >= 15 is 0 Å². The Bertz CT molecular complexity index is 1450. The first-order chi connectivity index (χ1) is 15.7. The van der Waals surface area contributed by atoms with E-state index < -0.39 is 0 Å². The summed E-state index contributed by atoms with van der Waals surface area (Å²) in [7, 11) is 2.17. The van der Waals surface area contributed by atoms with Gasteiger partial charge in [-0.05, 0) is 91.5 Å². The lowest BCUT2D eigenvalue weighted by atomic mass is 9.71. The van der Waals surface area contributed by atoms with Crippen LogP contribution in [0.3, 0.4) is 0 Å². The number of fused-ring (bicyclic) bond motifs is 3. The minimum absolute atomic E-state index is 0.455. The van der Waals surface area contributed by atoms with Crippen molar-refractivity contribution in [3.8, 4) is 22.9 Å². The van der Waals surface area contributed by atoms with Crippen molar-refractivity contribution in [3.05, 3.63) is 58.7 Å². The van der Waals surface area contributed by atoms with Crippen molar-refractivity contribution in [3.63, 3.8) is 0 Å². The van der Waals surface area contributed by atoms with Gasteiger partial charge in [0.2, 0.25) is 5.52 Å². The molecule has 3 nitrogen and oxygen atoms in total. The van der Waals surface area contributed by atoms with Crippen LogP contribution in [-0.4, -0.2) is 4.98 Å². The van der Waals surface area contributed by atoms with Crippen LogP contribution < -0.4 is 9.30 Å². The largest absolute Gasteiger partial charge is 0.433 e. The van der Waals surface area contributed by atoms with Crippen LogP contribution in [0, 0.1) is 26.2 Å². The molecule has 0 saturated heterocycles. The highest BCUT2D eigenvalue weighted by Crippen LogP contribution is 2.48. The first-order valence-corrected chi connectivity index (χ1v) is 12.3. The topological polar surface area (TPSA) is 26.0 Å². The third-order valence-corrected chi connectivity index (χ3v) is 8.25. The van der Waals surface area contributed by atoms with E-state index in [1.165, 1.54) is 69.8 Å². The summed E-state index contributed by atoms with van der Waals surface area (Å²) in [6.07, 6.45) is 5.01. The molecular formula is C30H33N2O+. The lowest BCUT2D eigenvalue weighted by molar-refractivity contribution is -0.634. The van der Waals surface area contributed by atoms with E-state index in [-0.39, 0.29) is 0 Å². The van der Waals surface area contributed by atoms with Crippen molar-refractivity contribution in [2.45, 2.75) is 66.2 Å². The molecule has 3 aromatic carbocycles. The average Bonchev–Trinajstić information content (AvgIpc) is 2.76. The van der Waals surface area contributed by atoms with Gasteiger partial charge in [0.05, 0.1) is 5.56 Å². The Morgan fingerprint density at radius 1 is 1.03 bits per heavy atom. The monoisotopic (exact) mass is 437 g/mol. The molecule has 1 saturated carbocycles. The molecular weight excluding hydrogens is 404 g/mol. The zero-order chi connectivity index (χ0) is 23.1. The molecule has 1 aliphatic carbocycles. The highest BCUT2D eigenvalue weighted by atomic mass is 16.5. The van der Waals surface area contributed by atoms with E-state index in [0.29, 0.717) is 11.3 Å². The SMILES string of the molecule is Cc1cc2c3c(c(C)c(C)cc3c1)-c1c(nc3c(C4CCC(C)(C)CC4)cccc3[n+]1C)O2. The molecule has 6 rings (SSSR count). The van der Waals surface area contributed by atoms with Crippen LogP contribution in [0.4, 0.5) is 0 Å². The van der Waals surface area contributed by atoms with Crippen molar-refractivity contribution in [1.29, 1.82) is 0 Å². The van der Waals surface area contributed by atoms with Crippen molar-refractivity contribution in [2.75, 3.05) is 0 Å². The van der Waals surface area contributed by atoms with Crippen LogP contribution >= 0.6 is 0 Å². The highest BCUT2D eigenvalue weighted by molar-refractivity contribution is 6.05. The van der Waals surface area contributed by atoms with Crippen molar-refractivity contribution < 1.29 is 9.30 Å². The summed E-state index contributed by atoms with van der Waals surface area (Å²) < 4.78 is 8.88. The first kappa shape index (κ1) is 20.7. The van der Waals surface area contributed by atoms with Crippen LogP contribution in [0.15, 0.2) is 36.4 Å². The van der Waals surface area contributed by atoms with Crippen LogP contribution in [0.1, 0.15) is 67.7 Å². The van der Waals surface area contributed by atoms with E-state index in [1.807, 2.05) is 0 Å². The van der Waals surface area contributed by atoms with Crippen molar-refractivity contribution >= 4 is 21.8 Å². The van der Waals surface area contributed by atoms with Crippen molar-refractivity contribution in [1.82, 2.24) is 4.98 Å². The minimum Gasteiger partial charge on any atom is -0.433 e. The van der Waals surface area contributed by atoms with Gasteiger partial charge in [0.15, 0.2) is 0 Å². The van der Waals surface area contributed by atoms with E-state index in [0.717, 1.165) is 22.8 Å². The second kappa shape index (κ2) is 7.03. The van der Waals surface area contributed by atoms with E-state index in [4.69, 9.17) is 9.72 Å². The summed E-state index contributed by atoms with van der Waals surface area (Å²) >= 11 is 0. The third kappa shape index (κ3) is 3.08. The maximum Gasteiger partial charge on any atom is 0.294 e. The standard InChI is InChI=1S/C30H33N2O/c1-17-14-21-16-18(2)19(3)25-26(21)24(15-17)33-29-28(25)32(6)23-9-7-8-22(27(23)31-29)20-10-12-30(4,5)13-11-20/h7-9,14-16,20H,10-13H2,1-6H3/q+1. The Balaban J connectivity index is 1.62. The number of rotatable bonds is 1. The molecule has 1 aliphatic heterocycles. The predicted octanol–water partition coefficient (Wildman–Crippen LogP) is 7.59. The molecule has 3 heteroatoms. The lowest BCUT2D eigenvalue weighted by Crippen LogP contribution is -2.34. The predicted molar refractivity (Wildman–Crippen MR) is 135 cm³/mol. The van der Waals surface area contributed by atoms with Gasteiger partial charge in [0, 0.05) is 11.5 Å². The molecule has 2 aliphatic rings. The molecule has 33 heavy (non-hydrogen) atoms. The number of aromatic nitrogens is 2. The fourth-order valence-electron chi connectivity index (χ4n) is 6.11. The van der Waals surface area contributed by atoms with Gasteiger partial charge in [-0.2, -0.15) is 4.57 Å². The summed E-state index contributed by atoms with van der Waals surface area (Å²) in [6, 6.07) is 13.4. The van der Waals surface area contributed by atoms with E-state index in [1.54, 1.807) is 0 Å². The number of para-hydroxylation sites is 1. The molecule has 0 spiro atoms. The van der Waals surface area contributed by atoms with Gasteiger partial charge in [-0.1, -0.05) is 38.1 Å². The van der Waals surface area contributed by atoms with E-state index in [2.05, 4.69) is 82.6 Å². The third-order valence-electron chi connectivity index (χ3n) is 8.25. The summed E-state index contributed by atoms with van der Waals surface area (Å²) in [5.41, 5.74) is 10.3. The Hall–Kier alpha value is -2.94. The summed E-state index contributed by atoms with van der Waals surface area (Å²) in [5, 5.41) is 2.45. The number of nitrogens with zero attached hydrogens (tertiary/aromatic N) is 2. The zero-order valence-electron chi connectivity index (χ0n) is 20.7. The van der Waals surface area contributed by atoms with Crippen molar-refractivity contribution in [2.24, 2.45) is 12.5 Å². The van der Waals surface area contributed by atoms with Crippen LogP contribution in [0.25, 0.3) is 33.1 Å². The maximum absolute atomic E-state index is 6.56. The number of ether oxygens (including phenoxy) is 1. The fraction of sp³-hybridized carbons (Fsp3) is 0.400. The van der Waals surface area contributed by atoms with Gasteiger partial charge in [-0.3, -0.25) is 0 Å². The molecule has 0 N–H and O–H groups in total. The zero-order valence-corrected chi connectivity index (χ0v) is 20.7. The van der Waals surface area contributed by atoms with Gasteiger partial charge in [0.25, 0.3) is 11.6 Å². The Morgan fingerprint density at radius 2 is 1.79 bits per heavy atom. The van der Waals surface area contributed by atoms with Gasteiger partial charge < -0.3 is 4.74 Å². The number of aryl methyl sites for hydroxylation is 3. The van der Waals surface area contributed by atoms with Crippen LogP contribution in [0.5, 0.6) is 11.6 Å². The van der Waals surface area contributed by atoms with Crippen LogP contribution in [0.2, 0.25) is 0 Å². The summed E-state index contributed by atoms with van der Waals surface area (Å²) in [4.78, 5) is 5.23. The highest BCUT2D eigenvalue weighted by Gasteiger charge is 2.35. The Morgan fingerprint density at radius 3 is 2.55 bits per heavy atom. The summed E-state index contributed by atoms with van der Waals surface area (Å²) in [6.45, 7) is 11.4. The summed E-state index contributed by atoms with van der Waals surface area (Å²) in [5.74, 6) is 2.24. The molecule has 0 bridgehead atoms.